The van der Waals surface area contributed by atoms with Crippen LogP contribution in [0.4, 0.5) is 0 Å². The smallest absolute Gasteiger partial charge is 0.303 e. The van der Waals surface area contributed by atoms with E-state index in [4.69, 9.17) is 29.8 Å². The maximum atomic E-state index is 11.0. The van der Waals surface area contributed by atoms with E-state index in [1.54, 1.807) is 45.6 Å². The van der Waals surface area contributed by atoms with Gasteiger partial charge in [-0.3, -0.25) is 4.79 Å². The van der Waals surface area contributed by atoms with Gasteiger partial charge in [-0.1, -0.05) is 6.07 Å². The van der Waals surface area contributed by atoms with Crippen molar-refractivity contribution in [3.05, 3.63) is 47.0 Å². The van der Waals surface area contributed by atoms with E-state index in [9.17, 15) is 4.79 Å². The van der Waals surface area contributed by atoms with E-state index in [0.29, 0.717) is 29.4 Å². The minimum Gasteiger partial charge on any atom is -0.493 e. The molecule has 2 aromatic rings. The predicted molar refractivity (Wildman–Crippen MR) is 101 cm³/mol. The van der Waals surface area contributed by atoms with E-state index in [1.807, 2.05) is 6.07 Å². The number of carboxylic acids is 1. The third-order valence-electron chi connectivity index (χ3n) is 4.36. The normalized spacial score (nSPS) is 11.6. The van der Waals surface area contributed by atoms with Gasteiger partial charge in [-0.15, -0.1) is 0 Å². The fourth-order valence-electron chi connectivity index (χ4n) is 2.91. The molecule has 27 heavy (non-hydrogen) atoms. The van der Waals surface area contributed by atoms with Gasteiger partial charge in [0.15, 0.2) is 23.0 Å². The molecule has 1 unspecified atom stereocenters. The lowest BCUT2D eigenvalue weighted by atomic mass is 9.92. The molecular weight excluding hydrogens is 350 g/mol. The molecule has 2 aromatic carbocycles. The summed E-state index contributed by atoms with van der Waals surface area (Å²) in [6.45, 7) is 0. The lowest BCUT2D eigenvalue weighted by Gasteiger charge is -2.20. The van der Waals surface area contributed by atoms with Gasteiger partial charge in [0.2, 0.25) is 0 Å². The Kier molecular flexibility index (Phi) is 6.90. The first-order valence-corrected chi connectivity index (χ1v) is 8.39. The molecule has 0 heterocycles. The molecule has 0 aliphatic heterocycles. The summed E-state index contributed by atoms with van der Waals surface area (Å²) in [6.07, 6.45) is 0.313. The number of benzene rings is 2. The molecule has 0 radical (unpaired) electrons. The molecule has 7 nitrogen and oxygen atoms in total. The van der Waals surface area contributed by atoms with Crippen molar-refractivity contribution in [3.8, 4) is 23.0 Å². The van der Waals surface area contributed by atoms with Crippen LogP contribution in [-0.4, -0.2) is 39.5 Å². The molecule has 0 spiro atoms. The van der Waals surface area contributed by atoms with Crippen molar-refractivity contribution >= 4 is 5.97 Å². The van der Waals surface area contributed by atoms with Gasteiger partial charge in [0.25, 0.3) is 0 Å². The molecule has 0 aliphatic rings. The second-order valence-electron chi connectivity index (χ2n) is 5.89. The molecule has 2 rings (SSSR count). The molecule has 0 aliphatic carbocycles. The number of nitrogens with two attached hydrogens (primary N) is 1. The van der Waals surface area contributed by atoms with Crippen LogP contribution in [0.3, 0.4) is 0 Å². The van der Waals surface area contributed by atoms with Gasteiger partial charge < -0.3 is 29.8 Å². The topological polar surface area (TPSA) is 100 Å². The summed E-state index contributed by atoms with van der Waals surface area (Å²) < 4.78 is 21.3. The van der Waals surface area contributed by atoms with Crippen LogP contribution in [-0.2, 0) is 11.2 Å². The van der Waals surface area contributed by atoms with E-state index in [-0.39, 0.29) is 6.42 Å². The quantitative estimate of drug-likeness (QED) is 0.695. The maximum Gasteiger partial charge on any atom is 0.303 e. The van der Waals surface area contributed by atoms with Gasteiger partial charge in [0.1, 0.15) is 0 Å². The van der Waals surface area contributed by atoms with Crippen molar-refractivity contribution in [2.75, 3.05) is 28.4 Å². The second-order valence-corrected chi connectivity index (χ2v) is 5.89. The molecule has 0 aromatic heterocycles. The Morgan fingerprint density at radius 3 is 2.04 bits per heavy atom. The number of carboxylic acid groups (broad SMARTS) is 1. The molecule has 0 bridgehead atoms. The summed E-state index contributed by atoms with van der Waals surface area (Å²) in [4.78, 5) is 11.0. The predicted octanol–water partition coefficient (Wildman–Crippen LogP) is 2.79. The van der Waals surface area contributed by atoms with E-state index >= 15 is 0 Å². The van der Waals surface area contributed by atoms with Crippen molar-refractivity contribution in [3.63, 3.8) is 0 Å². The lowest BCUT2D eigenvalue weighted by Crippen LogP contribution is -2.15. The Labute approximate surface area is 158 Å². The molecule has 1 atom stereocenters. The number of carbonyl (C=O) groups is 1. The summed E-state index contributed by atoms with van der Waals surface area (Å²) in [5.74, 6) is 1.35. The Morgan fingerprint density at radius 2 is 1.48 bits per heavy atom. The largest absolute Gasteiger partial charge is 0.493 e. The van der Waals surface area contributed by atoms with Gasteiger partial charge in [-0.25, -0.2) is 0 Å². The Hall–Kier alpha value is -2.93. The maximum absolute atomic E-state index is 11.0. The van der Waals surface area contributed by atoms with Crippen molar-refractivity contribution < 1.29 is 28.8 Å². The van der Waals surface area contributed by atoms with Gasteiger partial charge in [0.05, 0.1) is 34.5 Å². The van der Waals surface area contributed by atoms with E-state index in [2.05, 4.69) is 0 Å². The highest BCUT2D eigenvalue weighted by Gasteiger charge is 2.20. The fraction of sp³-hybridized carbons (Fsp3) is 0.350. The molecule has 0 fully saturated rings. The second kappa shape index (κ2) is 9.14. The van der Waals surface area contributed by atoms with E-state index in [0.717, 1.165) is 16.7 Å². The molecule has 0 saturated heterocycles. The first-order valence-electron chi connectivity index (χ1n) is 8.39. The van der Waals surface area contributed by atoms with Crippen molar-refractivity contribution in [2.45, 2.75) is 18.9 Å². The van der Waals surface area contributed by atoms with Crippen LogP contribution in [0, 0.1) is 0 Å². The molecule has 3 N–H and O–H groups in total. The first-order chi connectivity index (χ1) is 12.9. The monoisotopic (exact) mass is 375 g/mol. The number of methoxy groups -OCH3 is 4. The van der Waals surface area contributed by atoms with Crippen LogP contribution in [0.5, 0.6) is 23.0 Å². The van der Waals surface area contributed by atoms with E-state index < -0.39 is 12.0 Å². The SMILES string of the molecule is COc1ccc(C(N)c2cc(OC)c(OC)cc2CCC(=O)O)cc1OC. The van der Waals surface area contributed by atoms with Crippen LogP contribution >= 0.6 is 0 Å². The van der Waals surface area contributed by atoms with Crippen molar-refractivity contribution in [1.82, 2.24) is 0 Å². The average molecular weight is 375 g/mol. The van der Waals surface area contributed by atoms with Crippen LogP contribution < -0.4 is 24.7 Å². The highest BCUT2D eigenvalue weighted by atomic mass is 16.5. The molecule has 0 saturated carbocycles. The first kappa shape index (κ1) is 20.4. The standard InChI is InChI=1S/C20H25NO6/c1-24-15-7-5-13(10-16(15)25-2)20(21)14-11-18(27-4)17(26-3)9-12(14)6-8-19(22)23/h5,7,9-11,20H,6,8,21H2,1-4H3,(H,22,23). The minimum atomic E-state index is -0.879. The zero-order chi connectivity index (χ0) is 20.0. The Balaban J connectivity index is 2.51. The summed E-state index contributed by atoms with van der Waals surface area (Å²) in [6, 6.07) is 8.50. The third-order valence-corrected chi connectivity index (χ3v) is 4.36. The summed E-state index contributed by atoms with van der Waals surface area (Å²) in [7, 11) is 6.20. The van der Waals surface area contributed by atoms with Gasteiger partial charge in [-0.05, 0) is 47.4 Å². The number of aliphatic carboxylic acids is 1. The summed E-state index contributed by atoms with van der Waals surface area (Å²) in [5, 5.41) is 9.06. The Bertz CT molecular complexity index is 805. The highest BCUT2D eigenvalue weighted by Crippen LogP contribution is 2.37. The fourth-order valence-corrected chi connectivity index (χ4v) is 2.91. The lowest BCUT2D eigenvalue weighted by molar-refractivity contribution is -0.136. The number of rotatable bonds is 9. The zero-order valence-electron chi connectivity index (χ0n) is 15.9. The Morgan fingerprint density at radius 1 is 0.926 bits per heavy atom. The molecule has 0 amide bonds. The average Bonchev–Trinajstić information content (AvgIpc) is 2.70. The molecule has 146 valence electrons. The van der Waals surface area contributed by atoms with Crippen LogP contribution in [0.15, 0.2) is 30.3 Å². The van der Waals surface area contributed by atoms with Crippen LogP contribution in [0.1, 0.15) is 29.2 Å². The molecule has 7 heteroatoms. The zero-order valence-corrected chi connectivity index (χ0v) is 15.9. The minimum absolute atomic E-state index is 0.0128. The molecular formula is C20H25NO6. The number of hydrogen-bond donors (Lipinski definition) is 2. The third kappa shape index (κ3) is 4.62. The number of hydrogen-bond acceptors (Lipinski definition) is 6. The van der Waals surface area contributed by atoms with E-state index in [1.165, 1.54) is 7.11 Å². The van der Waals surface area contributed by atoms with Crippen molar-refractivity contribution in [1.29, 1.82) is 0 Å². The summed E-state index contributed by atoms with van der Waals surface area (Å²) in [5.41, 5.74) is 8.87. The van der Waals surface area contributed by atoms with Gasteiger partial charge >= 0.3 is 5.97 Å². The van der Waals surface area contributed by atoms with Crippen LogP contribution in [0.2, 0.25) is 0 Å². The van der Waals surface area contributed by atoms with Crippen molar-refractivity contribution in [2.24, 2.45) is 5.73 Å². The van der Waals surface area contributed by atoms with Gasteiger partial charge in [-0.2, -0.15) is 0 Å². The number of ether oxygens (including phenoxy) is 4. The highest BCUT2D eigenvalue weighted by molar-refractivity contribution is 5.67. The summed E-state index contributed by atoms with van der Waals surface area (Å²) >= 11 is 0. The van der Waals surface area contributed by atoms with Crippen LogP contribution in [0.25, 0.3) is 0 Å². The van der Waals surface area contributed by atoms with Gasteiger partial charge in [0, 0.05) is 6.42 Å². The number of aryl methyl sites for hydroxylation is 1.